The highest BCUT2D eigenvalue weighted by molar-refractivity contribution is 6.03. The van der Waals surface area contributed by atoms with E-state index in [0.717, 1.165) is 16.7 Å². The minimum atomic E-state index is -0.108. The zero-order valence-corrected chi connectivity index (χ0v) is 12.6. The van der Waals surface area contributed by atoms with Gasteiger partial charge in [-0.25, -0.2) is 0 Å². The zero-order valence-electron chi connectivity index (χ0n) is 12.6. The largest absolute Gasteiger partial charge is 0.310 e. The fraction of sp³-hybridized carbons (Fsp3) is 0.562. The van der Waals surface area contributed by atoms with Gasteiger partial charge in [0.05, 0.1) is 6.04 Å². The van der Waals surface area contributed by atoms with Crippen molar-refractivity contribution in [2.45, 2.75) is 47.6 Å². The maximum absolute atomic E-state index is 12.7. The van der Waals surface area contributed by atoms with Crippen LogP contribution in [0.4, 0.5) is 0 Å². The highest BCUT2D eigenvalue weighted by Gasteiger charge is 2.25. The molecule has 1 aromatic carbocycles. The molecule has 0 aromatic heterocycles. The first-order chi connectivity index (χ1) is 8.31. The van der Waals surface area contributed by atoms with Gasteiger partial charge in [0.1, 0.15) is 0 Å². The summed E-state index contributed by atoms with van der Waals surface area (Å²) < 4.78 is 0. The van der Waals surface area contributed by atoms with E-state index in [-0.39, 0.29) is 11.8 Å². The summed E-state index contributed by atoms with van der Waals surface area (Å²) in [5, 5.41) is 3.14. The Morgan fingerprint density at radius 3 is 1.83 bits per heavy atom. The third kappa shape index (κ3) is 2.64. The van der Waals surface area contributed by atoms with Crippen molar-refractivity contribution in [2.75, 3.05) is 7.05 Å². The number of aryl methyl sites for hydroxylation is 2. The smallest absolute Gasteiger partial charge is 0.180 e. The van der Waals surface area contributed by atoms with E-state index in [1.165, 1.54) is 11.1 Å². The number of Topliss-reactive ketones (excluding diaryl/α,β-unsaturated/α-hetero) is 1. The van der Waals surface area contributed by atoms with Crippen LogP contribution in [0, 0.1) is 33.6 Å². The normalized spacial score (nSPS) is 12.9. The first-order valence-electron chi connectivity index (χ1n) is 6.60. The topological polar surface area (TPSA) is 29.1 Å². The number of benzene rings is 1. The number of likely N-dealkylation sites (N-methyl/N-ethyl adjacent to an activating group) is 1. The Hall–Kier alpha value is -1.15. The summed E-state index contributed by atoms with van der Waals surface area (Å²) in [7, 11) is 1.86. The lowest BCUT2D eigenvalue weighted by Crippen LogP contribution is -2.39. The van der Waals surface area contributed by atoms with E-state index in [4.69, 9.17) is 0 Å². The van der Waals surface area contributed by atoms with Crippen molar-refractivity contribution in [2.24, 2.45) is 5.92 Å². The predicted molar refractivity (Wildman–Crippen MR) is 77.4 cm³/mol. The Balaban J connectivity index is 3.37. The van der Waals surface area contributed by atoms with Crippen molar-refractivity contribution < 1.29 is 4.79 Å². The second-order valence-electron chi connectivity index (χ2n) is 5.51. The van der Waals surface area contributed by atoms with Gasteiger partial charge in [-0.3, -0.25) is 4.79 Å². The molecule has 0 spiro atoms. The summed E-state index contributed by atoms with van der Waals surface area (Å²) in [4.78, 5) is 12.7. The summed E-state index contributed by atoms with van der Waals surface area (Å²) in [6, 6.07) is 2.05. The molecule has 18 heavy (non-hydrogen) atoms. The lowest BCUT2D eigenvalue weighted by molar-refractivity contribution is 0.0921. The summed E-state index contributed by atoms with van der Waals surface area (Å²) in [6.45, 7) is 12.4. The second kappa shape index (κ2) is 5.66. The third-order valence-corrected chi connectivity index (χ3v) is 3.87. The number of hydrogen-bond acceptors (Lipinski definition) is 2. The fourth-order valence-electron chi connectivity index (χ4n) is 2.51. The van der Waals surface area contributed by atoms with Crippen molar-refractivity contribution in [1.29, 1.82) is 0 Å². The van der Waals surface area contributed by atoms with Gasteiger partial charge in [0, 0.05) is 5.56 Å². The van der Waals surface area contributed by atoms with Gasteiger partial charge in [0.25, 0.3) is 0 Å². The minimum absolute atomic E-state index is 0.108. The van der Waals surface area contributed by atoms with Crippen LogP contribution in [0.1, 0.15) is 46.5 Å². The van der Waals surface area contributed by atoms with Crippen molar-refractivity contribution in [3.8, 4) is 0 Å². The molecule has 0 amide bonds. The van der Waals surface area contributed by atoms with Crippen LogP contribution in [0.15, 0.2) is 6.07 Å². The number of carbonyl (C=O) groups is 1. The summed E-state index contributed by atoms with van der Waals surface area (Å²) >= 11 is 0. The van der Waals surface area contributed by atoms with Crippen LogP contribution < -0.4 is 5.32 Å². The molecule has 1 N–H and O–H groups in total. The number of ketones is 1. The minimum Gasteiger partial charge on any atom is -0.310 e. The predicted octanol–water partition coefficient (Wildman–Crippen LogP) is 3.35. The first-order valence-corrected chi connectivity index (χ1v) is 6.60. The second-order valence-corrected chi connectivity index (χ2v) is 5.51. The van der Waals surface area contributed by atoms with Crippen molar-refractivity contribution in [3.63, 3.8) is 0 Å². The Kier molecular flexibility index (Phi) is 4.69. The number of rotatable bonds is 4. The van der Waals surface area contributed by atoms with Crippen LogP contribution in [0.25, 0.3) is 0 Å². The maximum Gasteiger partial charge on any atom is 0.180 e. The van der Waals surface area contributed by atoms with Gasteiger partial charge in [0.15, 0.2) is 5.78 Å². The van der Waals surface area contributed by atoms with Crippen molar-refractivity contribution in [3.05, 3.63) is 33.9 Å². The lowest BCUT2D eigenvalue weighted by Gasteiger charge is -2.22. The summed E-state index contributed by atoms with van der Waals surface area (Å²) in [6.07, 6.45) is 0. The Bertz CT molecular complexity index is 434. The van der Waals surface area contributed by atoms with Crippen molar-refractivity contribution >= 4 is 5.78 Å². The number of carbonyl (C=O) groups excluding carboxylic acids is 1. The molecule has 1 rings (SSSR count). The molecule has 0 aliphatic rings. The molecular weight excluding hydrogens is 222 g/mol. The van der Waals surface area contributed by atoms with E-state index in [9.17, 15) is 4.79 Å². The quantitative estimate of drug-likeness (QED) is 0.827. The fourth-order valence-corrected chi connectivity index (χ4v) is 2.51. The monoisotopic (exact) mass is 247 g/mol. The highest BCUT2D eigenvalue weighted by Crippen LogP contribution is 2.24. The maximum atomic E-state index is 12.7. The van der Waals surface area contributed by atoms with E-state index in [2.05, 4.69) is 39.1 Å². The first kappa shape index (κ1) is 14.9. The van der Waals surface area contributed by atoms with Gasteiger partial charge in [0.2, 0.25) is 0 Å². The van der Waals surface area contributed by atoms with Gasteiger partial charge < -0.3 is 5.32 Å². The molecule has 0 saturated carbocycles. The molecule has 0 aliphatic carbocycles. The van der Waals surface area contributed by atoms with Gasteiger partial charge in [-0.05, 0) is 62.9 Å². The van der Waals surface area contributed by atoms with E-state index < -0.39 is 0 Å². The molecule has 1 aromatic rings. The molecule has 1 atom stereocenters. The van der Waals surface area contributed by atoms with Gasteiger partial charge >= 0.3 is 0 Å². The van der Waals surface area contributed by atoms with E-state index in [0.29, 0.717) is 5.92 Å². The van der Waals surface area contributed by atoms with Gasteiger partial charge in [-0.2, -0.15) is 0 Å². The zero-order chi connectivity index (χ0) is 14.0. The van der Waals surface area contributed by atoms with E-state index in [1.54, 1.807) is 0 Å². The molecule has 0 aliphatic heterocycles. The molecule has 0 radical (unpaired) electrons. The Morgan fingerprint density at radius 2 is 1.50 bits per heavy atom. The summed E-state index contributed by atoms with van der Waals surface area (Å²) in [5.41, 5.74) is 5.52. The summed E-state index contributed by atoms with van der Waals surface area (Å²) in [5.74, 6) is 0.511. The van der Waals surface area contributed by atoms with Crippen LogP contribution in [0.5, 0.6) is 0 Å². The van der Waals surface area contributed by atoms with Crippen molar-refractivity contribution in [1.82, 2.24) is 5.32 Å². The van der Waals surface area contributed by atoms with Crippen LogP contribution in [-0.4, -0.2) is 18.9 Å². The standard InChI is InChI=1S/C16H25NO/c1-9(2)15(17-7)16(18)14-12(5)10(3)8-11(4)13(14)6/h8-9,15,17H,1-7H3. The molecule has 100 valence electrons. The van der Waals surface area contributed by atoms with Gasteiger partial charge in [-0.1, -0.05) is 19.9 Å². The van der Waals surface area contributed by atoms with E-state index >= 15 is 0 Å². The average molecular weight is 247 g/mol. The van der Waals surface area contributed by atoms with Crippen LogP contribution in [0.3, 0.4) is 0 Å². The Morgan fingerprint density at radius 1 is 1.06 bits per heavy atom. The molecule has 2 heteroatoms. The molecule has 2 nitrogen and oxygen atoms in total. The molecule has 0 saturated heterocycles. The lowest BCUT2D eigenvalue weighted by atomic mass is 9.86. The average Bonchev–Trinajstić information content (AvgIpc) is 2.27. The molecule has 0 bridgehead atoms. The molecule has 1 unspecified atom stereocenters. The third-order valence-electron chi connectivity index (χ3n) is 3.87. The SMILES string of the molecule is CNC(C(=O)c1c(C)c(C)cc(C)c1C)C(C)C. The molecule has 0 heterocycles. The van der Waals surface area contributed by atoms with Crippen LogP contribution in [-0.2, 0) is 0 Å². The highest BCUT2D eigenvalue weighted by atomic mass is 16.1. The van der Waals surface area contributed by atoms with E-state index in [1.807, 2.05) is 20.9 Å². The van der Waals surface area contributed by atoms with Crippen LogP contribution >= 0.6 is 0 Å². The Labute approximate surface area is 111 Å². The van der Waals surface area contributed by atoms with Crippen LogP contribution in [0.2, 0.25) is 0 Å². The number of nitrogens with one attached hydrogen (secondary N) is 1. The molecular formula is C16H25NO. The number of hydrogen-bond donors (Lipinski definition) is 1. The van der Waals surface area contributed by atoms with Gasteiger partial charge in [-0.15, -0.1) is 0 Å². The molecule has 0 fully saturated rings.